The molecular weight excluding hydrogens is 380 g/mol. The van der Waals surface area contributed by atoms with Crippen molar-refractivity contribution in [1.29, 1.82) is 5.26 Å². The third-order valence-corrected chi connectivity index (χ3v) is 4.84. The molecule has 2 aromatic rings. The molecule has 1 atom stereocenters. The number of hydrogen-bond acceptors (Lipinski definition) is 9. The Balaban J connectivity index is 1.99. The molecule has 4 rings (SSSR count). The molecule has 0 fully saturated rings. The second-order valence-electron chi connectivity index (χ2n) is 6.26. The van der Waals surface area contributed by atoms with E-state index < -0.39 is 5.92 Å². The van der Waals surface area contributed by atoms with Gasteiger partial charge in [-0.25, -0.2) is 0 Å². The van der Waals surface area contributed by atoms with Crippen LogP contribution in [0.1, 0.15) is 17.0 Å². The zero-order valence-corrected chi connectivity index (χ0v) is 15.9. The first kappa shape index (κ1) is 18.4. The molecule has 0 amide bonds. The van der Waals surface area contributed by atoms with E-state index in [0.29, 0.717) is 34.1 Å². The van der Waals surface area contributed by atoms with Crippen LogP contribution in [-0.2, 0) is 0 Å². The molecule has 29 heavy (non-hydrogen) atoms. The minimum absolute atomic E-state index is 0.0331. The monoisotopic (exact) mass is 398 g/mol. The molecular formula is C20H18N2O7. The van der Waals surface area contributed by atoms with Gasteiger partial charge in [0.05, 0.1) is 27.2 Å². The maximum atomic E-state index is 10.6. The Morgan fingerprint density at radius 2 is 1.76 bits per heavy atom. The van der Waals surface area contributed by atoms with Crippen LogP contribution in [0.2, 0.25) is 0 Å². The highest BCUT2D eigenvalue weighted by Gasteiger charge is 2.37. The summed E-state index contributed by atoms with van der Waals surface area (Å²) in [5.74, 6) is 0.824. The summed E-state index contributed by atoms with van der Waals surface area (Å²) in [4.78, 5) is 0. The highest BCUT2D eigenvalue weighted by molar-refractivity contribution is 5.69. The first-order valence-corrected chi connectivity index (χ1v) is 8.56. The average molecular weight is 398 g/mol. The van der Waals surface area contributed by atoms with Crippen LogP contribution in [0.15, 0.2) is 29.7 Å². The van der Waals surface area contributed by atoms with Crippen molar-refractivity contribution in [2.24, 2.45) is 5.73 Å². The predicted molar refractivity (Wildman–Crippen MR) is 99.6 cm³/mol. The van der Waals surface area contributed by atoms with E-state index in [1.54, 1.807) is 18.2 Å². The summed E-state index contributed by atoms with van der Waals surface area (Å²) in [5.41, 5.74) is 7.30. The van der Waals surface area contributed by atoms with Crippen LogP contribution in [0.25, 0.3) is 0 Å². The number of nitriles is 1. The van der Waals surface area contributed by atoms with Crippen molar-refractivity contribution in [2.45, 2.75) is 5.92 Å². The average Bonchev–Trinajstić information content (AvgIpc) is 3.21. The predicted octanol–water partition coefficient (Wildman–Crippen LogP) is 2.36. The van der Waals surface area contributed by atoms with E-state index in [-0.39, 0.29) is 35.5 Å². The quantitative estimate of drug-likeness (QED) is 0.798. The first-order chi connectivity index (χ1) is 14.0. The minimum atomic E-state index is -0.669. The van der Waals surface area contributed by atoms with E-state index in [1.165, 1.54) is 21.3 Å². The van der Waals surface area contributed by atoms with Gasteiger partial charge in [-0.3, -0.25) is 0 Å². The normalized spacial score (nSPS) is 16.6. The summed E-state index contributed by atoms with van der Waals surface area (Å²) < 4.78 is 32.5. The molecule has 0 bridgehead atoms. The van der Waals surface area contributed by atoms with Gasteiger partial charge >= 0.3 is 0 Å². The molecule has 0 saturated carbocycles. The molecule has 0 spiro atoms. The maximum Gasteiger partial charge on any atom is 0.231 e. The number of ether oxygens (including phenoxy) is 6. The smallest absolute Gasteiger partial charge is 0.231 e. The largest absolute Gasteiger partial charge is 0.502 e. The van der Waals surface area contributed by atoms with Gasteiger partial charge in [-0.1, -0.05) is 0 Å². The van der Waals surface area contributed by atoms with Crippen LogP contribution in [-0.4, -0.2) is 33.2 Å². The molecule has 1 unspecified atom stereocenters. The molecule has 3 N–H and O–H groups in total. The molecule has 0 aliphatic carbocycles. The number of methoxy groups -OCH3 is 3. The highest BCUT2D eigenvalue weighted by atomic mass is 16.7. The zero-order valence-electron chi connectivity index (χ0n) is 15.9. The number of phenolic OH excluding ortho intramolecular Hbond substituents is 1. The lowest BCUT2D eigenvalue weighted by atomic mass is 9.83. The zero-order chi connectivity index (χ0) is 20.7. The van der Waals surface area contributed by atoms with Gasteiger partial charge < -0.3 is 39.3 Å². The number of hydrogen-bond donors (Lipinski definition) is 2. The second-order valence-corrected chi connectivity index (χ2v) is 6.26. The molecule has 0 saturated heterocycles. The Labute approximate surface area is 166 Å². The first-order valence-electron chi connectivity index (χ1n) is 8.56. The number of rotatable bonds is 4. The van der Waals surface area contributed by atoms with Crippen molar-refractivity contribution in [3.8, 4) is 46.3 Å². The van der Waals surface area contributed by atoms with Gasteiger partial charge in [0.25, 0.3) is 0 Å². The van der Waals surface area contributed by atoms with Crippen LogP contribution in [0.4, 0.5) is 0 Å². The van der Waals surface area contributed by atoms with Gasteiger partial charge in [0.15, 0.2) is 23.0 Å². The van der Waals surface area contributed by atoms with E-state index >= 15 is 0 Å². The molecule has 2 heterocycles. The SMILES string of the molecule is COc1cc(C2C(C#N)=C(N)Oc3c2cc2c(c3O)OCO2)cc(OC)c1OC. The van der Waals surface area contributed by atoms with E-state index in [9.17, 15) is 10.4 Å². The van der Waals surface area contributed by atoms with Crippen molar-refractivity contribution in [2.75, 3.05) is 28.1 Å². The molecule has 0 radical (unpaired) electrons. The lowest BCUT2D eigenvalue weighted by Gasteiger charge is -2.28. The summed E-state index contributed by atoms with van der Waals surface area (Å²) in [6.45, 7) is -0.0331. The van der Waals surface area contributed by atoms with Gasteiger partial charge in [0.1, 0.15) is 11.6 Å². The number of nitrogens with zero attached hydrogens (tertiary/aromatic N) is 1. The summed E-state index contributed by atoms with van der Waals surface area (Å²) in [6, 6.07) is 7.19. The van der Waals surface area contributed by atoms with Gasteiger partial charge in [-0.2, -0.15) is 5.26 Å². The molecule has 2 aliphatic rings. The van der Waals surface area contributed by atoms with Crippen molar-refractivity contribution >= 4 is 0 Å². The lowest BCUT2D eigenvalue weighted by molar-refractivity contribution is 0.171. The maximum absolute atomic E-state index is 10.6. The summed E-state index contributed by atoms with van der Waals surface area (Å²) >= 11 is 0. The second kappa shape index (κ2) is 6.91. The standard InChI is InChI=1S/C20H18N2O7/c1-24-12-4-9(5-13(25-2)18(12)26-3)15-10-6-14-19(28-8-27-14)16(23)17(10)29-20(22)11(15)7-21/h4-6,15,23H,8,22H2,1-3H3. The summed E-state index contributed by atoms with van der Waals surface area (Å²) in [7, 11) is 4.50. The molecule has 2 aromatic carbocycles. The number of allylic oxidation sites excluding steroid dienone is 1. The Kier molecular flexibility index (Phi) is 4.39. The number of nitrogens with two attached hydrogens (primary N) is 1. The minimum Gasteiger partial charge on any atom is -0.502 e. The third-order valence-electron chi connectivity index (χ3n) is 4.84. The van der Waals surface area contributed by atoms with Crippen LogP contribution < -0.4 is 34.2 Å². The molecule has 150 valence electrons. The molecule has 2 aliphatic heterocycles. The number of aromatic hydroxyl groups is 1. The van der Waals surface area contributed by atoms with Gasteiger partial charge in [0.2, 0.25) is 29.9 Å². The molecule has 0 aromatic heterocycles. The fraction of sp³-hybridized carbons (Fsp3) is 0.250. The Hall–Kier alpha value is -3.93. The molecule has 9 heteroatoms. The van der Waals surface area contributed by atoms with Crippen molar-refractivity contribution in [3.05, 3.63) is 40.8 Å². The van der Waals surface area contributed by atoms with E-state index in [0.717, 1.165) is 0 Å². The van der Waals surface area contributed by atoms with Crippen LogP contribution in [0, 0.1) is 11.3 Å². The van der Waals surface area contributed by atoms with Crippen LogP contribution in [0.5, 0.6) is 40.2 Å². The van der Waals surface area contributed by atoms with Crippen LogP contribution >= 0.6 is 0 Å². The van der Waals surface area contributed by atoms with E-state index in [2.05, 4.69) is 6.07 Å². The van der Waals surface area contributed by atoms with Crippen molar-refractivity contribution in [1.82, 2.24) is 0 Å². The Bertz CT molecular complexity index is 1050. The van der Waals surface area contributed by atoms with Gasteiger partial charge in [-0.05, 0) is 23.8 Å². The number of benzene rings is 2. The fourth-order valence-electron chi connectivity index (χ4n) is 3.55. The van der Waals surface area contributed by atoms with E-state index in [1.807, 2.05) is 0 Å². The Morgan fingerprint density at radius 1 is 1.07 bits per heavy atom. The number of phenols is 1. The lowest BCUT2D eigenvalue weighted by Crippen LogP contribution is -2.21. The van der Waals surface area contributed by atoms with Crippen molar-refractivity contribution in [3.63, 3.8) is 0 Å². The Morgan fingerprint density at radius 3 is 2.34 bits per heavy atom. The van der Waals surface area contributed by atoms with Crippen molar-refractivity contribution < 1.29 is 33.5 Å². The fourth-order valence-corrected chi connectivity index (χ4v) is 3.55. The summed E-state index contributed by atoms with van der Waals surface area (Å²) in [6.07, 6.45) is 0. The number of fused-ring (bicyclic) bond motifs is 2. The van der Waals surface area contributed by atoms with E-state index in [4.69, 9.17) is 34.2 Å². The topological polar surface area (TPSA) is 125 Å². The molecule has 9 nitrogen and oxygen atoms in total. The van der Waals surface area contributed by atoms with Gasteiger partial charge in [-0.15, -0.1) is 0 Å². The van der Waals surface area contributed by atoms with Crippen LogP contribution in [0.3, 0.4) is 0 Å². The summed E-state index contributed by atoms with van der Waals surface area (Å²) in [5, 5.41) is 20.4. The third kappa shape index (κ3) is 2.69. The van der Waals surface area contributed by atoms with Gasteiger partial charge in [0, 0.05) is 5.56 Å². The highest BCUT2D eigenvalue weighted by Crippen LogP contribution is 2.55.